The van der Waals surface area contributed by atoms with Gasteiger partial charge in [-0.05, 0) is 59.9 Å². The van der Waals surface area contributed by atoms with Gasteiger partial charge in [0.1, 0.15) is 29.6 Å². The number of aromatic nitrogens is 2. The van der Waals surface area contributed by atoms with E-state index in [1.165, 1.54) is 12.1 Å². The van der Waals surface area contributed by atoms with E-state index in [1.807, 2.05) is 59.1 Å². The number of benzene rings is 3. The van der Waals surface area contributed by atoms with Crippen molar-refractivity contribution in [3.8, 4) is 22.6 Å². The summed E-state index contributed by atoms with van der Waals surface area (Å²) in [5, 5.41) is 11.0. The molecule has 1 aliphatic rings. The van der Waals surface area contributed by atoms with Gasteiger partial charge in [-0.2, -0.15) is 0 Å². The van der Waals surface area contributed by atoms with E-state index in [9.17, 15) is 14.3 Å². The van der Waals surface area contributed by atoms with Gasteiger partial charge in [0.2, 0.25) is 0 Å². The molecule has 3 aromatic carbocycles. The number of carbonyl (C=O) groups is 1. The van der Waals surface area contributed by atoms with Crippen molar-refractivity contribution >= 4 is 22.5 Å². The molecule has 1 saturated heterocycles. The number of carboxylic acid groups (broad SMARTS) is 1. The minimum atomic E-state index is -1.19. The molecule has 5 aromatic rings. The van der Waals surface area contributed by atoms with Gasteiger partial charge in [0, 0.05) is 42.6 Å². The molecule has 7 nitrogen and oxygen atoms in total. The van der Waals surface area contributed by atoms with Gasteiger partial charge in [0.25, 0.3) is 0 Å². The predicted molar refractivity (Wildman–Crippen MR) is 145 cm³/mol. The largest absolute Gasteiger partial charge is 0.496 e. The molecule has 8 heteroatoms. The van der Waals surface area contributed by atoms with E-state index in [2.05, 4.69) is 4.98 Å². The summed E-state index contributed by atoms with van der Waals surface area (Å²) in [4.78, 5) is 16.7. The summed E-state index contributed by atoms with van der Waals surface area (Å²) >= 11 is 0. The minimum absolute atomic E-state index is 0.178. The van der Waals surface area contributed by atoms with Gasteiger partial charge in [0.15, 0.2) is 0 Å². The van der Waals surface area contributed by atoms with Crippen LogP contribution in [-0.2, 0) is 21.6 Å². The van der Waals surface area contributed by atoms with Crippen LogP contribution in [0.3, 0.4) is 0 Å². The van der Waals surface area contributed by atoms with E-state index in [-0.39, 0.29) is 25.2 Å². The molecule has 0 amide bonds. The van der Waals surface area contributed by atoms with Crippen molar-refractivity contribution in [3.05, 3.63) is 96.1 Å². The summed E-state index contributed by atoms with van der Waals surface area (Å²) in [6.07, 6.45) is 4.23. The zero-order valence-electron chi connectivity index (χ0n) is 21.4. The first-order valence-electron chi connectivity index (χ1n) is 12.8. The molecule has 0 atom stereocenters. The van der Waals surface area contributed by atoms with Gasteiger partial charge in [-0.15, -0.1) is 0 Å². The molecule has 0 spiro atoms. The zero-order chi connectivity index (χ0) is 27.0. The van der Waals surface area contributed by atoms with E-state index in [0.29, 0.717) is 18.8 Å². The van der Waals surface area contributed by atoms with Crippen LogP contribution in [0, 0.1) is 5.82 Å². The van der Waals surface area contributed by atoms with Crippen LogP contribution in [-0.4, -0.2) is 40.8 Å². The summed E-state index contributed by atoms with van der Waals surface area (Å²) in [5.41, 5.74) is 3.79. The smallest absolute Gasteiger partial charge is 0.314 e. The highest BCUT2D eigenvalue weighted by Gasteiger charge is 2.42. The Morgan fingerprint density at radius 3 is 2.69 bits per heavy atom. The first-order valence-corrected chi connectivity index (χ1v) is 12.8. The molecule has 39 heavy (non-hydrogen) atoms. The molecule has 0 radical (unpaired) electrons. The summed E-state index contributed by atoms with van der Waals surface area (Å²) < 4.78 is 33.6. The maximum atomic E-state index is 14.6. The first kappa shape index (κ1) is 24.9. The molecule has 0 bridgehead atoms. The Bertz CT molecular complexity index is 1690. The monoisotopic (exact) mass is 526 g/mol. The third kappa shape index (κ3) is 4.46. The van der Waals surface area contributed by atoms with E-state index in [0.717, 1.165) is 39.0 Å². The van der Waals surface area contributed by atoms with E-state index in [1.54, 1.807) is 19.4 Å². The lowest BCUT2D eigenvalue weighted by atomic mass is 9.74. The summed E-state index contributed by atoms with van der Waals surface area (Å²) in [6.45, 7) is 0.808. The van der Waals surface area contributed by atoms with Gasteiger partial charge in [-0.3, -0.25) is 9.20 Å². The molecule has 1 fully saturated rings. The lowest BCUT2D eigenvalue weighted by molar-refractivity contribution is -0.147. The number of imidazole rings is 1. The van der Waals surface area contributed by atoms with Gasteiger partial charge >= 0.3 is 5.97 Å². The molecule has 0 aliphatic carbocycles. The van der Waals surface area contributed by atoms with Crippen LogP contribution in [0.25, 0.3) is 27.7 Å². The molecular formula is C31H27FN2O5. The molecule has 198 valence electrons. The number of aliphatic carboxylic acids is 1. The molecular weight excluding hydrogens is 499 g/mol. The normalized spacial score (nSPS) is 14.9. The molecule has 0 unspecified atom stereocenters. The second-order valence-corrected chi connectivity index (χ2v) is 9.73. The Morgan fingerprint density at radius 1 is 1.08 bits per heavy atom. The van der Waals surface area contributed by atoms with Crippen LogP contribution in [0.1, 0.15) is 24.0 Å². The van der Waals surface area contributed by atoms with Crippen molar-refractivity contribution in [1.82, 2.24) is 9.38 Å². The fraction of sp³-hybridized carbons (Fsp3) is 0.226. The lowest BCUT2D eigenvalue weighted by Gasteiger charge is -2.33. The van der Waals surface area contributed by atoms with Crippen LogP contribution in [0.5, 0.6) is 11.5 Å². The van der Waals surface area contributed by atoms with Gasteiger partial charge in [-0.25, -0.2) is 9.37 Å². The third-order valence-electron chi connectivity index (χ3n) is 7.54. The number of ether oxygens (including phenoxy) is 3. The Kier molecular flexibility index (Phi) is 6.40. The van der Waals surface area contributed by atoms with Crippen LogP contribution in [0.4, 0.5) is 4.39 Å². The highest BCUT2D eigenvalue weighted by Crippen LogP contribution is 2.38. The van der Waals surface area contributed by atoms with Crippen molar-refractivity contribution in [3.63, 3.8) is 0 Å². The number of para-hydroxylation sites is 1. The number of pyridine rings is 1. The van der Waals surface area contributed by atoms with Gasteiger partial charge in [0.05, 0.1) is 18.0 Å². The highest BCUT2D eigenvalue weighted by atomic mass is 19.1. The van der Waals surface area contributed by atoms with Crippen LogP contribution >= 0.6 is 0 Å². The number of methoxy groups -OCH3 is 1. The number of hydrogen-bond donors (Lipinski definition) is 1. The zero-order valence-corrected chi connectivity index (χ0v) is 21.4. The maximum absolute atomic E-state index is 14.6. The maximum Gasteiger partial charge on any atom is 0.314 e. The molecule has 1 aliphatic heterocycles. The highest BCUT2D eigenvalue weighted by molar-refractivity contribution is 5.98. The second-order valence-electron chi connectivity index (χ2n) is 9.73. The van der Waals surface area contributed by atoms with Crippen molar-refractivity contribution in [2.45, 2.75) is 24.9 Å². The van der Waals surface area contributed by atoms with E-state index < -0.39 is 17.2 Å². The lowest BCUT2D eigenvalue weighted by Crippen LogP contribution is -2.41. The minimum Gasteiger partial charge on any atom is -0.496 e. The first-order chi connectivity index (χ1) is 19.0. The van der Waals surface area contributed by atoms with Crippen molar-refractivity contribution in [1.29, 1.82) is 0 Å². The van der Waals surface area contributed by atoms with Crippen molar-refractivity contribution < 1.29 is 28.5 Å². The van der Waals surface area contributed by atoms with E-state index in [4.69, 9.17) is 14.2 Å². The predicted octanol–water partition coefficient (Wildman–Crippen LogP) is 6.01. The fourth-order valence-electron chi connectivity index (χ4n) is 5.45. The standard InChI is InChI=1S/C31H27FN2O5/c1-37-28-5-3-2-4-25(28)26-18-29-33-10-11-34(29)27-14-20(6-7-24(26)27)19-39-23-16-21(15-22(32)17-23)31(30(35)36)8-12-38-13-9-31/h2-7,10-11,14-18H,8-9,12-13,19H2,1H3,(H,35,36). The number of halogens is 1. The van der Waals surface area contributed by atoms with Gasteiger partial charge in [-0.1, -0.05) is 30.3 Å². The number of carboxylic acids is 1. The average molecular weight is 527 g/mol. The quantitative estimate of drug-likeness (QED) is 0.280. The molecule has 2 aromatic heterocycles. The fourth-order valence-corrected chi connectivity index (χ4v) is 5.45. The van der Waals surface area contributed by atoms with E-state index >= 15 is 0 Å². The number of nitrogens with zero attached hydrogens (tertiary/aromatic N) is 2. The van der Waals surface area contributed by atoms with Crippen molar-refractivity contribution in [2.75, 3.05) is 20.3 Å². The number of fused-ring (bicyclic) bond motifs is 3. The number of rotatable bonds is 7. The summed E-state index contributed by atoms with van der Waals surface area (Å²) in [6, 6.07) is 20.2. The molecule has 6 rings (SSSR count). The average Bonchev–Trinajstić information content (AvgIpc) is 3.45. The third-order valence-corrected chi connectivity index (χ3v) is 7.54. The van der Waals surface area contributed by atoms with Crippen LogP contribution in [0.15, 0.2) is 79.1 Å². The number of hydrogen-bond acceptors (Lipinski definition) is 5. The summed E-state index contributed by atoms with van der Waals surface area (Å²) in [5.74, 6) is -0.456. The SMILES string of the molecule is COc1ccccc1-c1cc2nccn2c2cc(COc3cc(F)cc(C4(C(=O)O)CCOCC4)c3)ccc12. The Balaban J connectivity index is 1.35. The Morgan fingerprint density at radius 2 is 1.90 bits per heavy atom. The Labute approximate surface area is 224 Å². The van der Waals surface area contributed by atoms with Crippen LogP contribution < -0.4 is 9.47 Å². The molecule has 0 saturated carbocycles. The topological polar surface area (TPSA) is 82.3 Å². The molecule has 1 N–H and O–H groups in total. The van der Waals surface area contributed by atoms with Gasteiger partial charge < -0.3 is 19.3 Å². The summed E-state index contributed by atoms with van der Waals surface area (Å²) in [7, 11) is 1.66. The Hall–Kier alpha value is -4.43. The van der Waals surface area contributed by atoms with Crippen molar-refractivity contribution in [2.24, 2.45) is 0 Å². The van der Waals surface area contributed by atoms with Crippen LogP contribution in [0.2, 0.25) is 0 Å². The second kappa shape index (κ2) is 10.0. The molecule has 3 heterocycles.